The van der Waals surface area contributed by atoms with Crippen molar-refractivity contribution in [2.75, 3.05) is 20.5 Å². The number of fused-ring (bicyclic) bond motifs is 2. The van der Waals surface area contributed by atoms with E-state index < -0.39 is 11.9 Å². The average Bonchev–Trinajstić information content (AvgIpc) is 3.23. The fourth-order valence-electron chi connectivity index (χ4n) is 3.06. The Bertz CT molecular complexity index is 1080. The van der Waals surface area contributed by atoms with Gasteiger partial charge in [0.1, 0.15) is 11.3 Å². The highest BCUT2D eigenvalue weighted by molar-refractivity contribution is 5.99. The second-order valence-electron chi connectivity index (χ2n) is 6.44. The van der Waals surface area contributed by atoms with Crippen LogP contribution in [0.2, 0.25) is 0 Å². The topological polar surface area (TPSA) is 83.1 Å². The van der Waals surface area contributed by atoms with Gasteiger partial charge in [-0.2, -0.15) is 0 Å². The second kappa shape index (κ2) is 8.10. The minimum atomic E-state index is -0.620. The van der Waals surface area contributed by atoms with Crippen LogP contribution in [0.1, 0.15) is 15.9 Å². The van der Waals surface area contributed by atoms with Crippen molar-refractivity contribution in [2.45, 2.75) is 6.54 Å². The summed E-state index contributed by atoms with van der Waals surface area (Å²) in [6, 6.07) is 16.5. The number of carbonyl (C=O) groups excluding carboxylic acids is 2. The largest absolute Gasteiger partial charge is 0.496 e. The lowest BCUT2D eigenvalue weighted by molar-refractivity contribution is -0.124. The SMILES string of the molecule is COc1cc2ccccc2cc1C(=O)OCC(=O)NCc1ccc2c(c1)OCO2. The number of methoxy groups -OCH3 is 1. The fourth-order valence-corrected chi connectivity index (χ4v) is 3.06. The van der Waals surface area contributed by atoms with Gasteiger partial charge in [-0.05, 0) is 40.6 Å². The van der Waals surface area contributed by atoms with E-state index in [2.05, 4.69) is 5.32 Å². The summed E-state index contributed by atoms with van der Waals surface area (Å²) in [7, 11) is 1.49. The molecule has 0 bridgehead atoms. The van der Waals surface area contributed by atoms with Gasteiger partial charge in [-0.15, -0.1) is 0 Å². The van der Waals surface area contributed by atoms with Gasteiger partial charge in [-0.1, -0.05) is 30.3 Å². The maximum atomic E-state index is 12.5. The van der Waals surface area contributed by atoms with Crippen LogP contribution in [0.3, 0.4) is 0 Å². The highest BCUT2D eigenvalue weighted by Crippen LogP contribution is 2.32. The molecule has 0 spiro atoms. The van der Waals surface area contributed by atoms with E-state index in [-0.39, 0.29) is 25.5 Å². The molecule has 0 aliphatic carbocycles. The first-order valence-corrected chi connectivity index (χ1v) is 9.03. The van der Waals surface area contributed by atoms with Crippen LogP contribution in [0.4, 0.5) is 0 Å². The van der Waals surface area contributed by atoms with Crippen molar-refractivity contribution in [3.05, 3.63) is 65.7 Å². The van der Waals surface area contributed by atoms with Crippen molar-refractivity contribution in [2.24, 2.45) is 0 Å². The Morgan fingerprint density at radius 2 is 1.76 bits per heavy atom. The van der Waals surface area contributed by atoms with Crippen LogP contribution < -0.4 is 19.5 Å². The third-order valence-electron chi connectivity index (χ3n) is 4.55. The second-order valence-corrected chi connectivity index (χ2v) is 6.44. The van der Waals surface area contributed by atoms with E-state index in [1.807, 2.05) is 30.3 Å². The first kappa shape index (κ1) is 18.6. The molecule has 29 heavy (non-hydrogen) atoms. The zero-order valence-corrected chi connectivity index (χ0v) is 15.8. The normalized spacial score (nSPS) is 11.9. The molecule has 7 nitrogen and oxygen atoms in total. The van der Waals surface area contributed by atoms with Crippen molar-refractivity contribution in [1.82, 2.24) is 5.32 Å². The lowest BCUT2D eigenvalue weighted by Gasteiger charge is -2.11. The summed E-state index contributed by atoms with van der Waals surface area (Å²) >= 11 is 0. The molecule has 3 aromatic rings. The standard InChI is InChI=1S/C22H19NO6/c1-26-19-10-16-5-3-2-4-15(16)9-17(19)22(25)27-12-21(24)23-11-14-6-7-18-20(8-14)29-13-28-18/h2-10H,11-13H2,1H3,(H,23,24). The summed E-state index contributed by atoms with van der Waals surface area (Å²) in [5.41, 5.74) is 1.12. The van der Waals surface area contributed by atoms with E-state index in [1.54, 1.807) is 24.3 Å². The molecule has 1 heterocycles. The van der Waals surface area contributed by atoms with Crippen LogP contribution >= 0.6 is 0 Å². The van der Waals surface area contributed by atoms with E-state index in [0.29, 0.717) is 17.2 Å². The average molecular weight is 393 g/mol. The number of benzene rings is 3. The highest BCUT2D eigenvalue weighted by atomic mass is 16.7. The molecule has 4 rings (SSSR count). The Kier molecular flexibility index (Phi) is 5.20. The smallest absolute Gasteiger partial charge is 0.342 e. The van der Waals surface area contributed by atoms with Crippen molar-refractivity contribution in [1.29, 1.82) is 0 Å². The van der Waals surface area contributed by atoms with Crippen molar-refractivity contribution >= 4 is 22.6 Å². The van der Waals surface area contributed by atoms with Gasteiger partial charge in [-0.25, -0.2) is 4.79 Å². The lowest BCUT2D eigenvalue weighted by Crippen LogP contribution is -2.28. The van der Waals surface area contributed by atoms with Crippen molar-refractivity contribution in [3.63, 3.8) is 0 Å². The summed E-state index contributed by atoms with van der Waals surface area (Å²) in [4.78, 5) is 24.5. The monoisotopic (exact) mass is 393 g/mol. The van der Waals surface area contributed by atoms with E-state index in [0.717, 1.165) is 16.3 Å². The molecule has 0 aromatic heterocycles. The molecule has 3 aromatic carbocycles. The molecule has 0 radical (unpaired) electrons. The first-order chi connectivity index (χ1) is 14.1. The number of rotatable bonds is 6. The lowest BCUT2D eigenvalue weighted by atomic mass is 10.1. The first-order valence-electron chi connectivity index (χ1n) is 9.03. The number of nitrogens with one attached hydrogen (secondary N) is 1. The predicted octanol–water partition coefficient (Wildman–Crippen LogP) is 3.05. The number of hydrogen-bond donors (Lipinski definition) is 1. The van der Waals surface area contributed by atoms with Gasteiger partial charge >= 0.3 is 5.97 Å². The Morgan fingerprint density at radius 1 is 1.00 bits per heavy atom. The minimum Gasteiger partial charge on any atom is -0.496 e. The molecule has 1 aliphatic rings. The van der Waals surface area contributed by atoms with Gasteiger partial charge in [0.15, 0.2) is 18.1 Å². The Morgan fingerprint density at radius 3 is 2.55 bits per heavy atom. The number of amides is 1. The molecule has 0 saturated heterocycles. The third-order valence-corrected chi connectivity index (χ3v) is 4.55. The van der Waals surface area contributed by atoms with Crippen LogP contribution in [0, 0.1) is 0 Å². The molecule has 1 aliphatic heterocycles. The van der Waals surface area contributed by atoms with Gasteiger partial charge in [0.25, 0.3) is 5.91 Å². The van der Waals surface area contributed by atoms with Crippen molar-refractivity contribution < 1.29 is 28.5 Å². The van der Waals surface area contributed by atoms with Gasteiger partial charge < -0.3 is 24.3 Å². The fraction of sp³-hybridized carbons (Fsp3) is 0.182. The summed E-state index contributed by atoms with van der Waals surface area (Å²) in [5, 5.41) is 4.54. The van der Waals surface area contributed by atoms with Crippen molar-refractivity contribution in [3.8, 4) is 17.2 Å². The van der Waals surface area contributed by atoms with E-state index in [9.17, 15) is 9.59 Å². The molecular weight excluding hydrogens is 374 g/mol. The number of hydrogen-bond acceptors (Lipinski definition) is 6. The third kappa shape index (κ3) is 4.08. The summed E-state index contributed by atoms with van der Waals surface area (Å²) in [5.74, 6) is 0.695. The van der Waals surface area contributed by atoms with Crippen LogP contribution in [-0.2, 0) is 16.1 Å². The molecule has 1 amide bonds. The van der Waals surface area contributed by atoms with Crippen LogP contribution in [-0.4, -0.2) is 32.4 Å². The number of esters is 1. The maximum Gasteiger partial charge on any atom is 0.342 e. The molecule has 7 heteroatoms. The van der Waals surface area contributed by atoms with Gasteiger partial charge in [0.05, 0.1) is 7.11 Å². The van der Waals surface area contributed by atoms with Crippen LogP contribution in [0.25, 0.3) is 10.8 Å². The molecule has 0 unspecified atom stereocenters. The molecule has 148 valence electrons. The maximum absolute atomic E-state index is 12.5. The number of ether oxygens (including phenoxy) is 4. The van der Waals surface area contributed by atoms with Crippen LogP contribution in [0.15, 0.2) is 54.6 Å². The molecule has 0 atom stereocenters. The number of carbonyl (C=O) groups is 2. The summed E-state index contributed by atoms with van der Waals surface area (Å²) in [6.45, 7) is 0.0883. The van der Waals surface area contributed by atoms with E-state index >= 15 is 0 Å². The summed E-state index contributed by atoms with van der Waals surface area (Å²) < 4.78 is 21.0. The Hall–Kier alpha value is -3.74. The summed E-state index contributed by atoms with van der Waals surface area (Å²) in [6.07, 6.45) is 0. The quantitative estimate of drug-likeness (QED) is 0.648. The highest BCUT2D eigenvalue weighted by Gasteiger charge is 2.17. The molecule has 1 N–H and O–H groups in total. The zero-order chi connectivity index (χ0) is 20.2. The van der Waals surface area contributed by atoms with Gasteiger partial charge in [0.2, 0.25) is 6.79 Å². The van der Waals surface area contributed by atoms with E-state index in [1.165, 1.54) is 7.11 Å². The van der Waals surface area contributed by atoms with E-state index in [4.69, 9.17) is 18.9 Å². The molecule has 0 saturated carbocycles. The van der Waals surface area contributed by atoms with Gasteiger partial charge in [-0.3, -0.25) is 4.79 Å². The molecule has 0 fully saturated rings. The molecular formula is C22H19NO6. The minimum absolute atomic E-state index is 0.194. The van der Waals surface area contributed by atoms with Gasteiger partial charge in [0, 0.05) is 6.54 Å². The Labute approximate surface area is 167 Å². The van der Waals surface area contributed by atoms with Crippen LogP contribution in [0.5, 0.6) is 17.2 Å². The Balaban J connectivity index is 1.35. The predicted molar refractivity (Wildman–Crippen MR) is 105 cm³/mol. The zero-order valence-electron chi connectivity index (χ0n) is 15.8.